The number of rotatable bonds is 2. The van der Waals surface area contributed by atoms with Gasteiger partial charge in [-0.2, -0.15) is 0 Å². The molecule has 0 atom stereocenters. The SMILES string of the molecule is [NH]C(=O)c1cccc(C([NH])=O)c1. The number of nitrogens with one attached hydrogen (secondary N) is 2. The lowest BCUT2D eigenvalue weighted by Crippen LogP contribution is -2.03. The summed E-state index contributed by atoms with van der Waals surface area (Å²) in [6.07, 6.45) is 0. The van der Waals surface area contributed by atoms with Gasteiger partial charge in [-0.05, 0) is 18.2 Å². The molecule has 0 heterocycles. The predicted molar refractivity (Wildman–Crippen MR) is 41.3 cm³/mol. The van der Waals surface area contributed by atoms with Gasteiger partial charge in [0.15, 0.2) is 0 Å². The van der Waals surface area contributed by atoms with Crippen LogP contribution < -0.4 is 11.5 Å². The Morgan fingerprint density at radius 1 is 1.00 bits per heavy atom. The first kappa shape index (κ1) is 8.26. The van der Waals surface area contributed by atoms with Crippen molar-refractivity contribution >= 4 is 11.8 Å². The zero-order valence-electron chi connectivity index (χ0n) is 6.13. The molecule has 0 saturated heterocycles. The maximum absolute atomic E-state index is 10.5. The van der Waals surface area contributed by atoms with Crippen molar-refractivity contribution in [1.29, 1.82) is 0 Å². The third-order valence-corrected chi connectivity index (χ3v) is 1.39. The largest absolute Gasteiger partial charge is 0.269 e. The molecule has 0 aliphatic carbocycles. The minimum atomic E-state index is -0.849. The molecule has 1 aromatic rings. The molecule has 0 spiro atoms. The summed E-state index contributed by atoms with van der Waals surface area (Å²) in [5.74, 6) is -1.70. The van der Waals surface area contributed by atoms with Crippen LogP contribution in [0.1, 0.15) is 20.7 Å². The van der Waals surface area contributed by atoms with E-state index in [2.05, 4.69) is 0 Å². The minimum Gasteiger partial charge on any atom is -0.267 e. The fourth-order valence-corrected chi connectivity index (χ4v) is 0.802. The third kappa shape index (κ3) is 1.60. The van der Waals surface area contributed by atoms with E-state index in [0.29, 0.717) is 0 Å². The second kappa shape index (κ2) is 3.04. The molecule has 4 nitrogen and oxygen atoms in total. The molecule has 1 aromatic carbocycles. The van der Waals surface area contributed by atoms with Gasteiger partial charge in [0.25, 0.3) is 11.8 Å². The molecule has 2 N–H and O–H groups in total. The molecule has 0 fully saturated rings. The number of hydrogen-bond donors (Lipinski definition) is 0. The summed E-state index contributed by atoms with van der Waals surface area (Å²) < 4.78 is 0. The average Bonchev–Trinajstić information content (AvgIpc) is 2.04. The van der Waals surface area contributed by atoms with Crippen molar-refractivity contribution in [2.45, 2.75) is 0 Å². The van der Waals surface area contributed by atoms with E-state index in [1.807, 2.05) is 0 Å². The molecule has 4 heteroatoms. The minimum absolute atomic E-state index is 0.133. The van der Waals surface area contributed by atoms with Gasteiger partial charge in [0.05, 0.1) is 0 Å². The Kier molecular flexibility index (Phi) is 2.09. The zero-order chi connectivity index (χ0) is 9.14. The van der Waals surface area contributed by atoms with Crippen LogP contribution in [0.25, 0.3) is 0 Å². The van der Waals surface area contributed by atoms with Crippen molar-refractivity contribution in [2.24, 2.45) is 0 Å². The van der Waals surface area contributed by atoms with Gasteiger partial charge in [0, 0.05) is 11.1 Å². The summed E-state index contributed by atoms with van der Waals surface area (Å²) in [7, 11) is 0. The van der Waals surface area contributed by atoms with E-state index in [1.165, 1.54) is 24.3 Å². The third-order valence-electron chi connectivity index (χ3n) is 1.39. The molecule has 0 saturated carbocycles. The maximum atomic E-state index is 10.5. The van der Waals surface area contributed by atoms with E-state index in [9.17, 15) is 9.59 Å². The number of benzene rings is 1. The van der Waals surface area contributed by atoms with Crippen molar-refractivity contribution in [1.82, 2.24) is 11.5 Å². The number of carbonyl (C=O) groups is 2. The topological polar surface area (TPSA) is 81.7 Å². The van der Waals surface area contributed by atoms with Crippen LogP contribution in [-0.4, -0.2) is 11.8 Å². The molecule has 0 unspecified atom stereocenters. The Bertz CT molecular complexity index is 304. The molecule has 2 radical (unpaired) electrons. The second-order valence-corrected chi connectivity index (χ2v) is 2.24. The van der Waals surface area contributed by atoms with E-state index in [0.717, 1.165) is 0 Å². The van der Waals surface area contributed by atoms with Gasteiger partial charge in [-0.1, -0.05) is 6.07 Å². The predicted octanol–water partition coefficient (Wildman–Crippen LogP) is 0.533. The molecule has 0 aliphatic heterocycles. The highest BCUT2D eigenvalue weighted by atomic mass is 16.1. The number of amides is 2. The Labute approximate surface area is 69.2 Å². The summed E-state index contributed by atoms with van der Waals surface area (Å²) >= 11 is 0. The average molecular weight is 162 g/mol. The standard InChI is InChI=1S/C8H6N2O2/c9-7(11)5-2-1-3-6(4-5)8(10)12/h1-4,9-10H. The molecule has 2 amide bonds. The van der Waals surface area contributed by atoms with Gasteiger partial charge in [0.2, 0.25) is 0 Å². The zero-order valence-corrected chi connectivity index (χ0v) is 6.13. The van der Waals surface area contributed by atoms with Gasteiger partial charge < -0.3 is 0 Å². The second-order valence-electron chi connectivity index (χ2n) is 2.24. The van der Waals surface area contributed by atoms with Crippen LogP contribution in [0.15, 0.2) is 24.3 Å². The molecule has 60 valence electrons. The lowest BCUT2D eigenvalue weighted by Gasteiger charge is -1.95. The highest BCUT2D eigenvalue weighted by Crippen LogP contribution is 2.04. The van der Waals surface area contributed by atoms with Crippen LogP contribution in [-0.2, 0) is 0 Å². The Morgan fingerprint density at radius 3 is 1.75 bits per heavy atom. The highest BCUT2D eigenvalue weighted by molar-refractivity contribution is 5.97. The van der Waals surface area contributed by atoms with E-state index in [4.69, 9.17) is 11.5 Å². The van der Waals surface area contributed by atoms with Crippen molar-refractivity contribution in [3.63, 3.8) is 0 Å². The summed E-state index contributed by atoms with van der Waals surface area (Å²) in [5.41, 5.74) is 13.8. The van der Waals surface area contributed by atoms with Gasteiger partial charge in [-0.3, -0.25) is 21.1 Å². The van der Waals surface area contributed by atoms with Crippen molar-refractivity contribution in [3.8, 4) is 0 Å². The number of carbonyl (C=O) groups excluding carboxylic acids is 2. The van der Waals surface area contributed by atoms with Crippen molar-refractivity contribution < 1.29 is 9.59 Å². The summed E-state index contributed by atoms with van der Waals surface area (Å²) in [6.45, 7) is 0. The van der Waals surface area contributed by atoms with Crippen LogP contribution in [0.4, 0.5) is 0 Å². The first-order valence-electron chi connectivity index (χ1n) is 3.23. The van der Waals surface area contributed by atoms with Gasteiger partial charge in [-0.15, -0.1) is 0 Å². The molecule has 12 heavy (non-hydrogen) atoms. The molecule has 0 aliphatic rings. The fourth-order valence-electron chi connectivity index (χ4n) is 0.802. The van der Waals surface area contributed by atoms with E-state index in [-0.39, 0.29) is 11.1 Å². The van der Waals surface area contributed by atoms with Crippen molar-refractivity contribution in [3.05, 3.63) is 35.4 Å². The lowest BCUT2D eigenvalue weighted by molar-refractivity contribution is 0.0990. The smallest absolute Gasteiger partial charge is 0.267 e. The van der Waals surface area contributed by atoms with Crippen LogP contribution in [0.5, 0.6) is 0 Å². The Hall–Kier alpha value is -1.84. The normalized spacial score (nSPS) is 9.33. The molecular formula is C8H6N2O2. The monoisotopic (exact) mass is 162 g/mol. The fraction of sp³-hybridized carbons (Fsp3) is 0. The quantitative estimate of drug-likeness (QED) is 0.635. The first-order valence-corrected chi connectivity index (χ1v) is 3.23. The molecular weight excluding hydrogens is 156 g/mol. The van der Waals surface area contributed by atoms with E-state index < -0.39 is 11.8 Å². The molecule has 1 rings (SSSR count). The highest BCUT2D eigenvalue weighted by Gasteiger charge is 2.05. The van der Waals surface area contributed by atoms with Crippen LogP contribution in [0, 0.1) is 0 Å². The number of hydrogen-bond acceptors (Lipinski definition) is 2. The van der Waals surface area contributed by atoms with E-state index in [1.54, 1.807) is 0 Å². The first-order chi connectivity index (χ1) is 5.61. The van der Waals surface area contributed by atoms with Gasteiger partial charge in [-0.25, -0.2) is 0 Å². The Balaban J connectivity index is 3.12. The maximum Gasteiger partial charge on any atom is 0.269 e. The van der Waals surface area contributed by atoms with E-state index >= 15 is 0 Å². The lowest BCUT2D eigenvalue weighted by atomic mass is 10.1. The molecule has 0 bridgehead atoms. The molecule has 0 aromatic heterocycles. The summed E-state index contributed by atoms with van der Waals surface area (Å²) in [6, 6.07) is 5.58. The summed E-state index contributed by atoms with van der Waals surface area (Å²) in [5, 5.41) is 0. The van der Waals surface area contributed by atoms with Crippen molar-refractivity contribution in [2.75, 3.05) is 0 Å². The van der Waals surface area contributed by atoms with Gasteiger partial charge in [0.1, 0.15) is 0 Å². The van der Waals surface area contributed by atoms with Crippen LogP contribution in [0.3, 0.4) is 0 Å². The van der Waals surface area contributed by atoms with Crippen LogP contribution >= 0.6 is 0 Å². The summed E-state index contributed by atoms with van der Waals surface area (Å²) in [4.78, 5) is 21.0. The Morgan fingerprint density at radius 2 is 1.42 bits per heavy atom. The van der Waals surface area contributed by atoms with Crippen LogP contribution in [0.2, 0.25) is 0 Å². The van der Waals surface area contributed by atoms with Gasteiger partial charge >= 0.3 is 0 Å².